The molecule has 0 aliphatic heterocycles. The van der Waals surface area contributed by atoms with Crippen LogP contribution < -0.4 is 18.9 Å². The molecule has 0 amide bonds. The van der Waals surface area contributed by atoms with Gasteiger partial charge < -0.3 is 23.7 Å². The number of methoxy groups -OCH3 is 4. The zero-order valence-corrected chi connectivity index (χ0v) is 28.3. The molecule has 0 aliphatic carbocycles. The summed E-state index contributed by atoms with van der Waals surface area (Å²) in [5, 5.41) is 0.755. The molecule has 0 fully saturated rings. The van der Waals surface area contributed by atoms with E-state index < -0.39 is 5.97 Å². The summed E-state index contributed by atoms with van der Waals surface area (Å²) < 4.78 is 28.1. The number of aromatic nitrogens is 1. The Bertz CT molecular complexity index is 1290. The highest BCUT2D eigenvalue weighted by Crippen LogP contribution is 2.42. The van der Waals surface area contributed by atoms with E-state index in [1.54, 1.807) is 28.4 Å². The van der Waals surface area contributed by atoms with E-state index in [1.807, 2.05) is 37.3 Å². The van der Waals surface area contributed by atoms with Crippen LogP contribution in [0.5, 0.6) is 23.0 Å². The maximum atomic E-state index is 13.8. The Hall–Kier alpha value is -2.94. The lowest BCUT2D eigenvalue weighted by molar-refractivity contribution is 0.0524. The molecule has 3 aromatic rings. The van der Waals surface area contributed by atoms with Gasteiger partial charge in [-0.2, -0.15) is 0 Å². The summed E-state index contributed by atoms with van der Waals surface area (Å²) in [6, 6.07) is 9.41. The van der Waals surface area contributed by atoms with Gasteiger partial charge in [0, 0.05) is 23.6 Å². The van der Waals surface area contributed by atoms with Crippen molar-refractivity contribution in [2.24, 2.45) is 0 Å². The Morgan fingerprint density at radius 1 is 0.744 bits per heavy atom. The monoisotopic (exact) mass is 638 g/mol. The van der Waals surface area contributed by atoms with Crippen LogP contribution in [0.3, 0.4) is 0 Å². The molecule has 43 heavy (non-hydrogen) atoms. The first-order valence-corrected chi connectivity index (χ1v) is 14.7. The zero-order chi connectivity index (χ0) is 29.8. The Morgan fingerprint density at radius 3 is 1.84 bits per heavy atom. The average molecular weight is 640 g/mol. The summed E-state index contributed by atoms with van der Waals surface area (Å²) in [5.74, 6) is 1.88. The molecule has 0 unspecified atom stereocenters. The van der Waals surface area contributed by atoms with E-state index in [2.05, 4.69) is 18.7 Å². The molecule has 1 aromatic heterocycles. The number of esters is 1. The molecule has 3 rings (SSSR count). The number of carbonyl (C=O) groups excluding carboxylic acids is 1. The maximum absolute atomic E-state index is 13.8. The smallest absolute Gasteiger partial charge is 0.340 e. The number of pyridine rings is 1. The summed E-state index contributed by atoms with van der Waals surface area (Å²) in [5.41, 5.74) is 3.34. The minimum absolute atomic E-state index is 0. The van der Waals surface area contributed by atoms with Crippen molar-refractivity contribution in [2.45, 2.75) is 65.8 Å². The molecule has 8 nitrogen and oxygen atoms in total. The summed E-state index contributed by atoms with van der Waals surface area (Å²) in [4.78, 5) is 21.3. The van der Waals surface area contributed by atoms with Gasteiger partial charge in [0.05, 0.1) is 51.8 Å². The number of benzene rings is 2. The topological polar surface area (TPSA) is 79.4 Å². The highest BCUT2D eigenvalue weighted by atomic mass is 35.5. The standard InChI is InChI=1S/C33H46N2O6.2ClH/c1-8-11-13-17-35(18-14-12-9-2)22-26-32(33(36)41-10-3)31(23-15-16-27(37-4)28(19-23)38-5)24-20-29(39-6)30(40-7)21-25(24)34-26;;/h15-16,19-21H,8-14,17-18,22H2,1-7H3;2*1H. The normalized spacial score (nSPS) is 10.6. The number of fused-ring (bicyclic) bond motifs is 1. The molecule has 0 spiro atoms. The predicted octanol–water partition coefficient (Wildman–Crippen LogP) is 8.14. The van der Waals surface area contributed by atoms with Crippen LogP contribution in [0.1, 0.15) is 75.3 Å². The van der Waals surface area contributed by atoms with Crippen molar-refractivity contribution >= 4 is 41.7 Å². The van der Waals surface area contributed by atoms with Crippen LogP contribution in [-0.4, -0.2) is 64.0 Å². The van der Waals surface area contributed by atoms with Crippen molar-refractivity contribution in [3.05, 3.63) is 41.6 Å². The lowest BCUT2D eigenvalue weighted by atomic mass is 9.93. The highest BCUT2D eigenvalue weighted by molar-refractivity contribution is 6.08. The van der Waals surface area contributed by atoms with Gasteiger partial charge in [0.2, 0.25) is 0 Å². The number of unbranched alkanes of at least 4 members (excludes halogenated alkanes) is 4. The van der Waals surface area contributed by atoms with Crippen molar-refractivity contribution in [1.29, 1.82) is 0 Å². The molecular formula is C33H48Cl2N2O6. The van der Waals surface area contributed by atoms with E-state index in [1.165, 1.54) is 0 Å². The van der Waals surface area contributed by atoms with Crippen LogP contribution in [0.4, 0.5) is 0 Å². The summed E-state index contributed by atoms with van der Waals surface area (Å²) >= 11 is 0. The predicted molar refractivity (Wildman–Crippen MR) is 178 cm³/mol. The summed E-state index contributed by atoms with van der Waals surface area (Å²) in [6.45, 7) is 8.91. The van der Waals surface area contributed by atoms with Gasteiger partial charge >= 0.3 is 5.97 Å². The van der Waals surface area contributed by atoms with Crippen LogP contribution in [-0.2, 0) is 11.3 Å². The van der Waals surface area contributed by atoms with Crippen molar-refractivity contribution in [3.63, 3.8) is 0 Å². The minimum atomic E-state index is -0.404. The van der Waals surface area contributed by atoms with Crippen molar-refractivity contribution in [3.8, 4) is 34.1 Å². The Balaban J connectivity index is 0.00000462. The maximum Gasteiger partial charge on any atom is 0.340 e. The molecule has 2 aromatic carbocycles. The SMILES string of the molecule is CCCCCN(CCCCC)Cc1nc2cc(OC)c(OC)cc2c(-c2ccc(OC)c(OC)c2)c1C(=O)OCC.Cl.Cl. The second kappa shape index (κ2) is 19.4. The van der Waals surface area contributed by atoms with Gasteiger partial charge in [-0.25, -0.2) is 4.79 Å². The number of hydrogen-bond donors (Lipinski definition) is 0. The van der Waals surface area contributed by atoms with E-state index in [0.29, 0.717) is 51.9 Å². The molecule has 0 saturated carbocycles. The van der Waals surface area contributed by atoms with Gasteiger partial charge in [-0.05, 0) is 56.6 Å². The second-order valence-corrected chi connectivity index (χ2v) is 10.0. The van der Waals surface area contributed by atoms with Gasteiger partial charge in [-0.15, -0.1) is 24.8 Å². The third-order valence-electron chi connectivity index (χ3n) is 7.25. The molecule has 0 radical (unpaired) electrons. The van der Waals surface area contributed by atoms with Gasteiger partial charge in [0.1, 0.15) is 0 Å². The van der Waals surface area contributed by atoms with E-state index in [0.717, 1.165) is 62.6 Å². The molecule has 1 heterocycles. The number of hydrogen-bond acceptors (Lipinski definition) is 8. The first-order chi connectivity index (χ1) is 20.0. The third-order valence-corrected chi connectivity index (χ3v) is 7.25. The molecule has 10 heteroatoms. The molecule has 0 N–H and O–H groups in total. The van der Waals surface area contributed by atoms with Gasteiger partial charge in [-0.1, -0.05) is 45.6 Å². The summed E-state index contributed by atoms with van der Waals surface area (Å²) in [7, 11) is 6.40. The molecule has 0 atom stereocenters. The fourth-order valence-electron chi connectivity index (χ4n) is 5.12. The van der Waals surface area contributed by atoms with E-state index in [-0.39, 0.29) is 31.4 Å². The van der Waals surface area contributed by atoms with Crippen LogP contribution in [0.15, 0.2) is 30.3 Å². The van der Waals surface area contributed by atoms with Crippen molar-refractivity contribution in [2.75, 3.05) is 48.1 Å². The highest BCUT2D eigenvalue weighted by Gasteiger charge is 2.26. The van der Waals surface area contributed by atoms with Crippen molar-refractivity contribution in [1.82, 2.24) is 9.88 Å². The van der Waals surface area contributed by atoms with E-state index in [4.69, 9.17) is 28.7 Å². The zero-order valence-electron chi connectivity index (χ0n) is 26.6. The molecule has 0 saturated heterocycles. The Kier molecular flexibility index (Phi) is 17.1. The fraction of sp³-hybridized carbons (Fsp3) is 0.515. The largest absolute Gasteiger partial charge is 0.493 e. The molecule has 0 aliphatic rings. The van der Waals surface area contributed by atoms with Crippen LogP contribution in [0.2, 0.25) is 0 Å². The fourth-order valence-corrected chi connectivity index (χ4v) is 5.12. The molecule has 240 valence electrons. The van der Waals surface area contributed by atoms with Crippen LogP contribution >= 0.6 is 24.8 Å². The van der Waals surface area contributed by atoms with Crippen LogP contribution in [0.25, 0.3) is 22.0 Å². The first kappa shape index (κ1) is 38.1. The van der Waals surface area contributed by atoms with E-state index >= 15 is 0 Å². The first-order valence-electron chi connectivity index (χ1n) is 14.7. The third kappa shape index (κ3) is 9.52. The average Bonchev–Trinajstić information content (AvgIpc) is 2.99. The van der Waals surface area contributed by atoms with Gasteiger partial charge in [-0.3, -0.25) is 9.88 Å². The minimum Gasteiger partial charge on any atom is -0.493 e. The Labute approximate surface area is 269 Å². The summed E-state index contributed by atoms with van der Waals surface area (Å²) in [6.07, 6.45) is 6.81. The number of halogens is 2. The van der Waals surface area contributed by atoms with Crippen LogP contribution in [0, 0.1) is 0 Å². The number of rotatable bonds is 17. The van der Waals surface area contributed by atoms with Crippen molar-refractivity contribution < 1.29 is 28.5 Å². The Morgan fingerprint density at radius 2 is 1.30 bits per heavy atom. The number of ether oxygens (including phenoxy) is 5. The number of carbonyl (C=O) groups is 1. The lowest BCUT2D eigenvalue weighted by Crippen LogP contribution is -2.28. The molecular weight excluding hydrogens is 591 g/mol. The van der Waals surface area contributed by atoms with Gasteiger partial charge in [0.15, 0.2) is 23.0 Å². The number of nitrogens with zero attached hydrogens (tertiary/aromatic N) is 2. The molecule has 0 bridgehead atoms. The van der Waals surface area contributed by atoms with Gasteiger partial charge in [0.25, 0.3) is 0 Å². The lowest BCUT2D eigenvalue weighted by Gasteiger charge is -2.25. The van der Waals surface area contributed by atoms with E-state index in [9.17, 15) is 4.79 Å². The second-order valence-electron chi connectivity index (χ2n) is 10.0. The quantitative estimate of drug-likeness (QED) is 0.108.